The first-order valence-corrected chi connectivity index (χ1v) is 9.44. The summed E-state index contributed by atoms with van der Waals surface area (Å²) >= 11 is 0. The predicted molar refractivity (Wildman–Crippen MR) is 113 cm³/mol. The summed E-state index contributed by atoms with van der Waals surface area (Å²) in [6, 6.07) is 13.6. The number of quaternary nitrogens is 1. The Kier molecular flexibility index (Phi) is 6.86. The molecule has 0 fully saturated rings. The highest BCUT2D eigenvalue weighted by Crippen LogP contribution is 2.26. The summed E-state index contributed by atoms with van der Waals surface area (Å²) in [6.07, 6.45) is 0. The second kappa shape index (κ2) is 8.91. The molecule has 0 bridgehead atoms. The molecule has 144 valence electrons. The zero-order chi connectivity index (χ0) is 20.0. The number of hydrogen-bond donors (Lipinski definition) is 0. The molecule has 0 heterocycles. The Labute approximate surface area is 162 Å². The maximum atomic E-state index is 12.3. The lowest BCUT2D eigenvalue weighted by atomic mass is 10.1. The van der Waals surface area contributed by atoms with E-state index in [-0.39, 0.29) is 5.78 Å². The molecule has 0 N–H and O–H groups in total. The molecule has 27 heavy (non-hydrogen) atoms. The second-order valence-corrected chi connectivity index (χ2v) is 7.76. The van der Waals surface area contributed by atoms with E-state index in [4.69, 9.17) is 0 Å². The van der Waals surface area contributed by atoms with Gasteiger partial charge in [0.2, 0.25) is 5.78 Å². The SMILES string of the molecule is CCN(CC)c1ccc(N=Nc2ccc(C(=O)C[N+](C)(C)C)cc2)c(C)c1. The van der Waals surface area contributed by atoms with Gasteiger partial charge >= 0.3 is 0 Å². The van der Waals surface area contributed by atoms with Gasteiger partial charge in [-0.15, -0.1) is 0 Å². The minimum Gasteiger partial charge on any atom is -0.372 e. The van der Waals surface area contributed by atoms with Gasteiger partial charge in [0.1, 0.15) is 6.54 Å². The summed E-state index contributed by atoms with van der Waals surface area (Å²) in [4.78, 5) is 14.6. The molecule has 5 nitrogen and oxygen atoms in total. The van der Waals surface area contributed by atoms with E-state index < -0.39 is 0 Å². The number of azo groups is 1. The number of rotatable bonds is 8. The van der Waals surface area contributed by atoms with Gasteiger partial charge in [0, 0.05) is 24.3 Å². The van der Waals surface area contributed by atoms with Gasteiger partial charge < -0.3 is 9.38 Å². The third-order valence-corrected chi connectivity index (χ3v) is 4.39. The van der Waals surface area contributed by atoms with Crippen LogP contribution in [0.1, 0.15) is 29.8 Å². The molecule has 0 unspecified atom stereocenters. The molecule has 0 atom stereocenters. The number of likely N-dealkylation sites (N-methyl/N-ethyl adjacent to an activating group) is 1. The quantitative estimate of drug-likeness (QED) is 0.368. The summed E-state index contributed by atoms with van der Waals surface area (Å²) in [7, 11) is 6.02. The fourth-order valence-corrected chi connectivity index (χ4v) is 2.88. The molecule has 0 amide bonds. The minimum atomic E-state index is 0.133. The standard InChI is InChI=1S/C22H31N4O/c1-7-25(8-2)20-13-14-21(17(3)15-20)24-23-19-11-9-18(10-12-19)22(27)16-26(4,5)6/h9-15H,7-8,16H2,1-6H3/q+1. The summed E-state index contributed by atoms with van der Waals surface area (Å²) in [5.41, 5.74) is 4.61. The minimum absolute atomic E-state index is 0.133. The van der Waals surface area contributed by atoms with Crippen molar-refractivity contribution >= 4 is 22.8 Å². The molecule has 0 saturated heterocycles. The summed E-state index contributed by atoms with van der Waals surface area (Å²) in [5, 5.41) is 8.70. The van der Waals surface area contributed by atoms with Crippen LogP contribution in [0.25, 0.3) is 0 Å². The van der Waals surface area contributed by atoms with Gasteiger partial charge in [0.15, 0.2) is 0 Å². The molecule has 0 saturated carbocycles. The average molecular weight is 368 g/mol. The van der Waals surface area contributed by atoms with E-state index in [1.165, 1.54) is 5.69 Å². The van der Waals surface area contributed by atoms with Crippen LogP contribution >= 0.6 is 0 Å². The lowest BCUT2D eigenvalue weighted by Gasteiger charge is -2.22. The fourth-order valence-electron chi connectivity index (χ4n) is 2.88. The van der Waals surface area contributed by atoms with Gasteiger partial charge in [-0.1, -0.05) is 0 Å². The number of anilines is 1. The first kappa shape index (κ1) is 20.8. The van der Waals surface area contributed by atoms with E-state index in [1.54, 1.807) is 0 Å². The normalized spacial score (nSPS) is 11.8. The largest absolute Gasteiger partial charge is 0.372 e. The Morgan fingerprint density at radius 2 is 1.59 bits per heavy atom. The predicted octanol–water partition coefficient (Wildman–Crippen LogP) is 5.15. The molecule has 5 heteroatoms. The lowest BCUT2D eigenvalue weighted by molar-refractivity contribution is -0.861. The van der Waals surface area contributed by atoms with Gasteiger partial charge in [-0.3, -0.25) is 4.79 Å². The third-order valence-electron chi connectivity index (χ3n) is 4.39. The molecule has 0 aromatic heterocycles. The van der Waals surface area contributed by atoms with Gasteiger partial charge in [0.25, 0.3) is 0 Å². The number of ketones is 1. The number of hydrogen-bond acceptors (Lipinski definition) is 4. The Morgan fingerprint density at radius 1 is 0.963 bits per heavy atom. The second-order valence-electron chi connectivity index (χ2n) is 7.76. The van der Waals surface area contributed by atoms with Crippen LogP contribution in [0.3, 0.4) is 0 Å². The topological polar surface area (TPSA) is 45.0 Å². The van der Waals surface area contributed by atoms with Crippen LogP contribution in [0.2, 0.25) is 0 Å². The maximum absolute atomic E-state index is 12.3. The Bertz CT molecular complexity index is 800. The molecule has 0 spiro atoms. The van der Waals surface area contributed by atoms with Crippen LogP contribution in [-0.4, -0.2) is 51.0 Å². The Hall–Kier alpha value is -2.53. The van der Waals surface area contributed by atoms with E-state index >= 15 is 0 Å². The first-order chi connectivity index (χ1) is 12.7. The van der Waals surface area contributed by atoms with E-state index in [0.717, 1.165) is 30.0 Å². The average Bonchev–Trinajstić information content (AvgIpc) is 2.61. The summed E-state index contributed by atoms with van der Waals surface area (Å²) in [6.45, 7) is 8.79. The van der Waals surface area contributed by atoms with Crippen molar-refractivity contribution in [1.82, 2.24) is 0 Å². The molecule has 2 rings (SSSR count). The number of benzene rings is 2. The van der Waals surface area contributed by atoms with E-state index in [2.05, 4.69) is 41.1 Å². The highest BCUT2D eigenvalue weighted by atomic mass is 16.1. The van der Waals surface area contributed by atoms with Gasteiger partial charge in [-0.2, -0.15) is 10.2 Å². The van der Waals surface area contributed by atoms with Crippen molar-refractivity contribution in [3.05, 3.63) is 53.6 Å². The van der Waals surface area contributed by atoms with E-state index in [9.17, 15) is 4.79 Å². The van der Waals surface area contributed by atoms with Gasteiger partial charge in [-0.05, 0) is 68.8 Å². The molecular formula is C22H31N4O+. The Balaban J connectivity index is 2.11. The third kappa shape index (κ3) is 6.00. The van der Waals surface area contributed by atoms with Crippen LogP contribution in [0.15, 0.2) is 52.7 Å². The zero-order valence-electron chi connectivity index (χ0n) is 17.4. The van der Waals surface area contributed by atoms with Gasteiger partial charge in [-0.25, -0.2) is 0 Å². The summed E-state index contributed by atoms with van der Waals surface area (Å²) in [5.74, 6) is 0.133. The maximum Gasteiger partial charge on any atom is 0.216 e. The van der Waals surface area contributed by atoms with Gasteiger partial charge in [0.05, 0.1) is 32.5 Å². The number of Topliss-reactive ketones (excluding diaryl/α,β-unsaturated/α-hetero) is 1. The van der Waals surface area contributed by atoms with E-state index in [0.29, 0.717) is 16.6 Å². The molecule has 0 aliphatic rings. The van der Waals surface area contributed by atoms with Crippen molar-refractivity contribution < 1.29 is 9.28 Å². The number of nitrogens with zero attached hydrogens (tertiary/aromatic N) is 4. The van der Waals surface area contributed by atoms with Crippen molar-refractivity contribution in [2.75, 3.05) is 45.7 Å². The van der Waals surface area contributed by atoms with Crippen LogP contribution < -0.4 is 4.90 Å². The monoisotopic (exact) mass is 367 g/mol. The highest BCUT2D eigenvalue weighted by Gasteiger charge is 2.15. The smallest absolute Gasteiger partial charge is 0.216 e. The van der Waals surface area contributed by atoms with Crippen LogP contribution in [-0.2, 0) is 0 Å². The first-order valence-electron chi connectivity index (χ1n) is 9.44. The summed E-state index contributed by atoms with van der Waals surface area (Å²) < 4.78 is 0.614. The van der Waals surface area contributed by atoms with Crippen molar-refractivity contribution in [2.45, 2.75) is 20.8 Å². The van der Waals surface area contributed by atoms with Crippen LogP contribution in [0.4, 0.5) is 17.1 Å². The van der Waals surface area contributed by atoms with Crippen molar-refractivity contribution in [3.63, 3.8) is 0 Å². The Morgan fingerprint density at radius 3 is 2.11 bits per heavy atom. The number of carbonyl (C=O) groups excluding carboxylic acids is 1. The highest BCUT2D eigenvalue weighted by molar-refractivity contribution is 5.97. The zero-order valence-corrected chi connectivity index (χ0v) is 17.4. The molecule has 0 radical (unpaired) electrons. The van der Waals surface area contributed by atoms with Crippen LogP contribution in [0.5, 0.6) is 0 Å². The van der Waals surface area contributed by atoms with Crippen molar-refractivity contribution in [1.29, 1.82) is 0 Å². The fraction of sp³-hybridized carbons (Fsp3) is 0.409. The number of aryl methyl sites for hydroxylation is 1. The lowest BCUT2D eigenvalue weighted by Crippen LogP contribution is -2.39. The van der Waals surface area contributed by atoms with Crippen LogP contribution in [0, 0.1) is 6.92 Å². The molecule has 0 aliphatic heterocycles. The molecule has 0 aliphatic carbocycles. The molecule has 2 aromatic rings. The van der Waals surface area contributed by atoms with Crippen molar-refractivity contribution in [2.24, 2.45) is 10.2 Å². The van der Waals surface area contributed by atoms with E-state index in [1.807, 2.05) is 58.4 Å². The molecule has 2 aromatic carbocycles. The van der Waals surface area contributed by atoms with Crippen molar-refractivity contribution in [3.8, 4) is 0 Å². The number of carbonyl (C=O) groups is 1. The molecular weight excluding hydrogens is 336 g/mol.